The molecule has 2 nitrogen and oxygen atoms in total. The third-order valence-corrected chi connectivity index (χ3v) is 3.49. The van der Waals surface area contributed by atoms with Crippen molar-refractivity contribution in [3.05, 3.63) is 0 Å². The van der Waals surface area contributed by atoms with Gasteiger partial charge >= 0.3 is 0 Å². The van der Waals surface area contributed by atoms with Gasteiger partial charge in [-0.1, -0.05) is 13.8 Å². The third-order valence-electron chi connectivity index (χ3n) is 3.49. The standard InChI is InChI=1S/C11H22N2/c1-9(2)3-4-13-7-10-5-12-6-11(10)8-13/h9-12H,3-8H2,1-2H3/t10-,11+. The number of hydrogen-bond acceptors (Lipinski definition) is 2. The predicted molar refractivity (Wildman–Crippen MR) is 55.7 cm³/mol. The van der Waals surface area contributed by atoms with Gasteiger partial charge in [0.1, 0.15) is 0 Å². The van der Waals surface area contributed by atoms with Crippen molar-refractivity contribution >= 4 is 0 Å². The molecule has 1 N–H and O–H groups in total. The van der Waals surface area contributed by atoms with Gasteiger partial charge in [-0.05, 0) is 43.8 Å². The van der Waals surface area contributed by atoms with Crippen molar-refractivity contribution in [2.24, 2.45) is 17.8 Å². The van der Waals surface area contributed by atoms with E-state index in [1.807, 2.05) is 0 Å². The summed E-state index contributed by atoms with van der Waals surface area (Å²) in [6.07, 6.45) is 1.37. The molecule has 2 saturated heterocycles. The van der Waals surface area contributed by atoms with Crippen LogP contribution < -0.4 is 5.32 Å². The molecule has 0 radical (unpaired) electrons. The zero-order chi connectivity index (χ0) is 9.26. The molecule has 2 rings (SSSR count). The maximum atomic E-state index is 3.48. The fraction of sp³-hybridized carbons (Fsp3) is 1.00. The van der Waals surface area contributed by atoms with Crippen molar-refractivity contribution < 1.29 is 0 Å². The average molecular weight is 182 g/mol. The molecule has 76 valence electrons. The molecule has 0 unspecified atom stereocenters. The van der Waals surface area contributed by atoms with Crippen molar-refractivity contribution in [3.63, 3.8) is 0 Å². The van der Waals surface area contributed by atoms with Crippen LogP contribution in [0.5, 0.6) is 0 Å². The number of hydrogen-bond donors (Lipinski definition) is 1. The maximum absolute atomic E-state index is 3.48. The first kappa shape index (κ1) is 9.47. The van der Waals surface area contributed by atoms with Crippen LogP contribution in [0.25, 0.3) is 0 Å². The summed E-state index contributed by atoms with van der Waals surface area (Å²) < 4.78 is 0. The highest BCUT2D eigenvalue weighted by Gasteiger charge is 2.35. The summed E-state index contributed by atoms with van der Waals surface area (Å²) in [5.41, 5.74) is 0. The maximum Gasteiger partial charge on any atom is 0.00255 e. The molecule has 2 atom stereocenters. The first-order chi connectivity index (χ1) is 6.25. The molecule has 13 heavy (non-hydrogen) atoms. The molecule has 2 heterocycles. The summed E-state index contributed by atoms with van der Waals surface area (Å²) in [6, 6.07) is 0. The van der Waals surface area contributed by atoms with Crippen LogP contribution in [0.2, 0.25) is 0 Å². The van der Waals surface area contributed by atoms with E-state index in [-0.39, 0.29) is 0 Å². The van der Waals surface area contributed by atoms with Gasteiger partial charge in [-0.15, -0.1) is 0 Å². The molecule has 2 heteroatoms. The van der Waals surface area contributed by atoms with Gasteiger partial charge in [0, 0.05) is 13.1 Å². The molecule has 0 aromatic heterocycles. The number of nitrogens with zero attached hydrogens (tertiary/aromatic N) is 1. The molecule has 0 spiro atoms. The Bertz CT molecular complexity index is 155. The molecular formula is C11H22N2. The van der Waals surface area contributed by atoms with E-state index in [1.54, 1.807) is 0 Å². The van der Waals surface area contributed by atoms with Gasteiger partial charge in [-0.2, -0.15) is 0 Å². The van der Waals surface area contributed by atoms with Crippen LogP contribution in [0, 0.1) is 17.8 Å². The van der Waals surface area contributed by atoms with E-state index in [0.29, 0.717) is 0 Å². The molecule has 0 amide bonds. The lowest BCUT2D eigenvalue weighted by atomic mass is 10.0. The Morgan fingerprint density at radius 1 is 1.23 bits per heavy atom. The van der Waals surface area contributed by atoms with E-state index in [4.69, 9.17) is 0 Å². The smallest absolute Gasteiger partial charge is 0.00255 e. The molecule has 0 bridgehead atoms. The Balaban J connectivity index is 1.73. The largest absolute Gasteiger partial charge is 0.316 e. The lowest BCUT2D eigenvalue weighted by Gasteiger charge is -2.17. The van der Waals surface area contributed by atoms with Crippen molar-refractivity contribution in [3.8, 4) is 0 Å². The molecule has 2 fully saturated rings. The van der Waals surface area contributed by atoms with Gasteiger partial charge in [-0.3, -0.25) is 0 Å². The van der Waals surface area contributed by atoms with Crippen molar-refractivity contribution in [2.45, 2.75) is 20.3 Å². The SMILES string of the molecule is CC(C)CCN1C[C@H]2CNC[C@H]2C1. The average Bonchev–Trinajstić information content (AvgIpc) is 2.58. The summed E-state index contributed by atoms with van der Waals surface area (Å²) in [5.74, 6) is 2.79. The van der Waals surface area contributed by atoms with E-state index < -0.39 is 0 Å². The molecule has 2 aliphatic rings. The lowest BCUT2D eigenvalue weighted by molar-refractivity contribution is 0.292. The number of fused-ring (bicyclic) bond motifs is 1. The monoisotopic (exact) mass is 182 g/mol. The highest BCUT2D eigenvalue weighted by atomic mass is 15.2. The van der Waals surface area contributed by atoms with E-state index in [0.717, 1.165) is 17.8 Å². The second-order valence-electron chi connectivity index (χ2n) is 5.12. The molecule has 2 aliphatic heterocycles. The van der Waals surface area contributed by atoms with Crippen LogP contribution in [0.1, 0.15) is 20.3 Å². The van der Waals surface area contributed by atoms with E-state index in [1.165, 1.54) is 39.1 Å². The van der Waals surface area contributed by atoms with E-state index >= 15 is 0 Å². The fourth-order valence-electron chi connectivity index (χ4n) is 2.58. The van der Waals surface area contributed by atoms with Gasteiger partial charge in [0.2, 0.25) is 0 Å². The minimum absolute atomic E-state index is 0.860. The van der Waals surface area contributed by atoms with E-state index in [2.05, 4.69) is 24.1 Å². The zero-order valence-corrected chi connectivity index (χ0v) is 8.92. The Morgan fingerprint density at radius 2 is 1.85 bits per heavy atom. The van der Waals surface area contributed by atoms with Crippen LogP contribution in [0.4, 0.5) is 0 Å². The summed E-state index contributed by atoms with van der Waals surface area (Å²) in [7, 11) is 0. The Labute approximate surface area is 81.7 Å². The first-order valence-electron chi connectivity index (χ1n) is 5.69. The van der Waals surface area contributed by atoms with Gasteiger partial charge in [0.25, 0.3) is 0 Å². The Morgan fingerprint density at radius 3 is 2.38 bits per heavy atom. The van der Waals surface area contributed by atoms with Crippen LogP contribution >= 0.6 is 0 Å². The predicted octanol–water partition coefficient (Wildman–Crippen LogP) is 1.18. The molecule has 0 aromatic rings. The summed E-state index contributed by atoms with van der Waals surface area (Å²) in [6.45, 7) is 11.2. The van der Waals surface area contributed by atoms with Gasteiger partial charge in [-0.25, -0.2) is 0 Å². The van der Waals surface area contributed by atoms with Gasteiger partial charge in [0.05, 0.1) is 0 Å². The van der Waals surface area contributed by atoms with Crippen molar-refractivity contribution in [1.82, 2.24) is 10.2 Å². The summed E-state index contributed by atoms with van der Waals surface area (Å²) in [5, 5.41) is 3.48. The number of rotatable bonds is 3. The Kier molecular flexibility index (Phi) is 2.89. The molecule has 0 aliphatic carbocycles. The molecule has 0 aromatic carbocycles. The minimum atomic E-state index is 0.860. The quantitative estimate of drug-likeness (QED) is 0.705. The summed E-state index contributed by atoms with van der Waals surface area (Å²) in [4.78, 5) is 2.66. The normalized spacial score (nSPS) is 34.4. The first-order valence-corrected chi connectivity index (χ1v) is 5.69. The second kappa shape index (κ2) is 3.97. The molecule has 0 saturated carbocycles. The number of likely N-dealkylation sites (tertiary alicyclic amines) is 1. The minimum Gasteiger partial charge on any atom is -0.316 e. The third kappa shape index (κ3) is 2.23. The second-order valence-corrected chi connectivity index (χ2v) is 5.12. The van der Waals surface area contributed by atoms with Crippen LogP contribution in [0.3, 0.4) is 0 Å². The van der Waals surface area contributed by atoms with Crippen LogP contribution in [-0.4, -0.2) is 37.6 Å². The fourth-order valence-corrected chi connectivity index (χ4v) is 2.58. The van der Waals surface area contributed by atoms with Gasteiger partial charge < -0.3 is 10.2 Å². The van der Waals surface area contributed by atoms with Crippen molar-refractivity contribution in [1.29, 1.82) is 0 Å². The topological polar surface area (TPSA) is 15.3 Å². The zero-order valence-electron chi connectivity index (χ0n) is 8.92. The van der Waals surface area contributed by atoms with E-state index in [9.17, 15) is 0 Å². The van der Waals surface area contributed by atoms with Gasteiger partial charge in [0.15, 0.2) is 0 Å². The molecular weight excluding hydrogens is 160 g/mol. The van der Waals surface area contributed by atoms with Crippen molar-refractivity contribution in [2.75, 3.05) is 32.7 Å². The highest BCUT2D eigenvalue weighted by Crippen LogP contribution is 2.26. The number of nitrogens with one attached hydrogen (secondary N) is 1. The Hall–Kier alpha value is -0.0800. The highest BCUT2D eigenvalue weighted by molar-refractivity contribution is 4.90. The lowest BCUT2D eigenvalue weighted by Crippen LogP contribution is -2.27. The summed E-state index contributed by atoms with van der Waals surface area (Å²) >= 11 is 0. The van der Waals surface area contributed by atoms with Crippen LogP contribution in [0.15, 0.2) is 0 Å². The van der Waals surface area contributed by atoms with Crippen LogP contribution in [-0.2, 0) is 0 Å².